The van der Waals surface area contributed by atoms with Crippen LogP contribution < -0.4 is 21.7 Å². The first-order valence-electron chi connectivity index (χ1n) is 11.2. The maximum atomic E-state index is 12.6. The number of aromatic nitrogens is 2. The summed E-state index contributed by atoms with van der Waals surface area (Å²) < 4.78 is 6.52. The van der Waals surface area contributed by atoms with Gasteiger partial charge in [-0.3, -0.25) is 19.1 Å². The summed E-state index contributed by atoms with van der Waals surface area (Å²) in [5.41, 5.74) is 8.76. The zero-order valence-corrected chi connectivity index (χ0v) is 19.0. The molecule has 1 fully saturated rings. The average Bonchev–Trinajstić information content (AvgIpc) is 3.46. The van der Waals surface area contributed by atoms with Crippen molar-refractivity contribution in [3.05, 3.63) is 66.0 Å². The van der Waals surface area contributed by atoms with Gasteiger partial charge in [0.25, 0.3) is 11.8 Å². The fraction of sp³-hybridized carbons (Fsp3) is 0.333. The molecule has 1 saturated carbocycles. The van der Waals surface area contributed by atoms with Crippen LogP contribution in [0.3, 0.4) is 0 Å². The summed E-state index contributed by atoms with van der Waals surface area (Å²) in [6.45, 7) is 5.82. The van der Waals surface area contributed by atoms with Gasteiger partial charge in [-0.25, -0.2) is 0 Å². The molecule has 5 N–H and O–H groups in total. The molecule has 0 unspecified atom stereocenters. The summed E-state index contributed by atoms with van der Waals surface area (Å²) in [6, 6.07) is 8.23. The second-order valence-electron chi connectivity index (χ2n) is 8.38. The summed E-state index contributed by atoms with van der Waals surface area (Å²) in [4.78, 5) is 36.1. The lowest BCUT2D eigenvalue weighted by Gasteiger charge is -2.22. The van der Waals surface area contributed by atoms with Gasteiger partial charge in [0.05, 0.1) is 12.8 Å². The van der Waals surface area contributed by atoms with Gasteiger partial charge in [0.1, 0.15) is 23.8 Å². The minimum Gasteiger partial charge on any atom is -0.465 e. The number of nitrogens with two attached hydrogens (primary N) is 1. The maximum Gasteiger partial charge on any atom is 0.327 e. The fourth-order valence-corrected chi connectivity index (χ4v) is 4.31. The molecule has 34 heavy (non-hydrogen) atoms. The van der Waals surface area contributed by atoms with Gasteiger partial charge >= 0.3 is 5.97 Å². The third-order valence-corrected chi connectivity index (χ3v) is 5.99. The SMILES string of the molecule is C=C1NC(=O)C(N)=C(C(=O)N[C@H]2CC[C@@H](c3ccc(-c4cnn(CC(=O)OCC)c4)cc3)C2)N1. The van der Waals surface area contributed by atoms with Crippen LogP contribution in [0.25, 0.3) is 11.1 Å². The normalized spacial score (nSPS) is 20.0. The van der Waals surface area contributed by atoms with Crippen molar-refractivity contribution in [3.63, 3.8) is 0 Å². The molecular weight excluding hydrogens is 436 g/mol. The lowest BCUT2D eigenvalue weighted by molar-refractivity contribution is -0.144. The quantitative estimate of drug-likeness (QED) is 0.452. The smallest absolute Gasteiger partial charge is 0.327 e. The van der Waals surface area contributed by atoms with Gasteiger partial charge in [-0.2, -0.15) is 5.10 Å². The second kappa shape index (κ2) is 9.82. The van der Waals surface area contributed by atoms with E-state index in [1.807, 2.05) is 18.3 Å². The minimum absolute atomic E-state index is 0.0151. The molecule has 0 saturated heterocycles. The van der Waals surface area contributed by atoms with Gasteiger partial charge in [-0.05, 0) is 43.2 Å². The van der Waals surface area contributed by atoms with E-state index in [2.05, 4.69) is 39.8 Å². The second-order valence-corrected chi connectivity index (χ2v) is 8.38. The van der Waals surface area contributed by atoms with Crippen molar-refractivity contribution in [2.45, 2.75) is 44.7 Å². The number of esters is 1. The summed E-state index contributed by atoms with van der Waals surface area (Å²) in [6.07, 6.45) is 6.12. The topological polar surface area (TPSA) is 140 Å². The van der Waals surface area contributed by atoms with E-state index < -0.39 is 11.8 Å². The Balaban J connectivity index is 1.35. The van der Waals surface area contributed by atoms with Crippen molar-refractivity contribution in [2.75, 3.05) is 6.61 Å². The maximum absolute atomic E-state index is 12.6. The molecule has 178 valence electrons. The molecule has 0 spiro atoms. The molecule has 2 atom stereocenters. The number of nitrogens with one attached hydrogen (secondary N) is 3. The Hall–Kier alpha value is -4.08. The van der Waals surface area contributed by atoms with E-state index in [0.29, 0.717) is 12.5 Å². The van der Waals surface area contributed by atoms with Crippen LogP contribution in [0.5, 0.6) is 0 Å². The van der Waals surface area contributed by atoms with Crippen LogP contribution in [0, 0.1) is 0 Å². The number of rotatable bonds is 7. The van der Waals surface area contributed by atoms with Crippen LogP contribution in [0.1, 0.15) is 37.7 Å². The van der Waals surface area contributed by atoms with E-state index in [-0.39, 0.29) is 35.8 Å². The van der Waals surface area contributed by atoms with E-state index in [4.69, 9.17) is 10.5 Å². The molecule has 2 heterocycles. The highest BCUT2D eigenvalue weighted by Crippen LogP contribution is 2.35. The number of ether oxygens (including phenoxy) is 1. The number of hydrogen-bond donors (Lipinski definition) is 4. The number of benzene rings is 1. The van der Waals surface area contributed by atoms with Crippen LogP contribution in [-0.4, -0.2) is 40.2 Å². The molecule has 4 rings (SSSR count). The average molecular weight is 465 g/mol. The molecule has 2 aliphatic rings. The van der Waals surface area contributed by atoms with Crippen molar-refractivity contribution >= 4 is 17.8 Å². The summed E-state index contributed by atoms with van der Waals surface area (Å²) in [5.74, 6) is -0.726. The molecule has 1 aliphatic carbocycles. The number of hydrogen-bond acceptors (Lipinski definition) is 7. The lowest BCUT2D eigenvalue weighted by Crippen LogP contribution is -2.47. The summed E-state index contributed by atoms with van der Waals surface area (Å²) in [7, 11) is 0. The van der Waals surface area contributed by atoms with Gasteiger partial charge in [0.15, 0.2) is 0 Å². The Morgan fingerprint density at radius 3 is 2.74 bits per heavy atom. The van der Waals surface area contributed by atoms with Gasteiger partial charge in [-0.1, -0.05) is 30.8 Å². The highest BCUT2D eigenvalue weighted by atomic mass is 16.5. The van der Waals surface area contributed by atoms with Crippen molar-refractivity contribution in [1.82, 2.24) is 25.7 Å². The largest absolute Gasteiger partial charge is 0.465 e. The van der Waals surface area contributed by atoms with Gasteiger partial charge in [0.2, 0.25) is 0 Å². The molecule has 2 amide bonds. The van der Waals surface area contributed by atoms with Crippen LogP contribution in [0.2, 0.25) is 0 Å². The van der Waals surface area contributed by atoms with Gasteiger partial charge < -0.3 is 26.4 Å². The molecule has 10 nitrogen and oxygen atoms in total. The third-order valence-electron chi connectivity index (χ3n) is 5.99. The molecular formula is C24H28N6O4. The predicted molar refractivity (Wildman–Crippen MR) is 124 cm³/mol. The fourth-order valence-electron chi connectivity index (χ4n) is 4.31. The number of carbonyl (C=O) groups excluding carboxylic acids is 3. The minimum atomic E-state index is -0.537. The Bertz CT molecular complexity index is 1150. The van der Waals surface area contributed by atoms with Crippen LogP contribution in [0.15, 0.2) is 60.5 Å². The van der Waals surface area contributed by atoms with Crippen molar-refractivity contribution in [3.8, 4) is 11.1 Å². The van der Waals surface area contributed by atoms with Crippen molar-refractivity contribution in [1.29, 1.82) is 0 Å². The zero-order valence-electron chi connectivity index (χ0n) is 19.0. The molecule has 10 heteroatoms. The van der Waals surface area contributed by atoms with Crippen molar-refractivity contribution < 1.29 is 19.1 Å². The number of carbonyl (C=O) groups is 3. The first kappa shape index (κ1) is 23.1. The zero-order chi connectivity index (χ0) is 24.2. The Kier molecular flexibility index (Phi) is 6.67. The van der Waals surface area contributed by atoms with Gasteiger partial charge in [-0.15, -0.1) is 0 Å². The molecule has 0 radical (unpaired) electrons. The van der Waals surface area contributed by atoms with E-state index in [9.17, 15) is 14.4 Å². The summed E-state index contributed by atoms with van der Waals surface area (Å²) >= 11 is 0. The first-order chi connectivity index (χ1) is 16.3. The van der Waals surface area contributed by atoms with Crippen LogP contribution >= 0.6 is 0 Å². The van der Waals surface area contributed by atoms with E-state index in [1.54, 1.807) is 17.8 Å². The lowest BCUT2D eigenvalue weighted by atomic mass is 9.95. The highest BCUT2D eigenvalue weighted by molar-refractivity contribution is 6.05. The monoisotopic (exact) mass is 464 g/mol. The Morgan fingerprint density at radius 2 is 2.00 bits per heavy atom. The number of amides is 2. The van der Waals surface area contributed by atoms with E-state index >= 15 is 0 Å². The first-order valence-corrected chi connectivity index (χ1v) is 11.2. The molecule has 2 aromatic rings. The molecule has 1 aromatic carbocycles. The van der Waals surface area contributed by atoms with Crippen LogP contribution in [-0.2, 0) is 25.7 Å². The Labute approximate surface area is 197 Å². The molecule has 0 bridgehead atoms. The summed E-state index contributed by atoms with van der Waals surface area (Å²) in [5, 5.41) is 12.4. The molecule has 1 aliphatic heterocycles. The van der Waals surface area contributed by atoms with Crippen molar-refractivity contribution in [2.24, 2.45) is 5.73 Å². The number of nitrogens with zero attached hydrogens (tertiary/aromatic N) is 2. The third kappa shape index (κ3) is 5.11. The van der Waals surface area contributed by atoms with Crippen LogP contribution in [0.4, 0.5) is 0 Å². The standard InChI is InChI=1S/C24H28N6O4/c1-3-34-20(31)13-30-12-18(11-26-30)16-6-4-15(5-7-16)17-8-9-19(10-17)29-24(33)22-21(25)23(32)28-14(2)27-22/h4-7,11-12,17,19,27H,2-3,8-10,13,25H2,1H3,(H,28,32)(H,29,33)/t17-,19+/m1/s1. The molecule has 1 aromatic heterocycles. The predicted octanol–water partition coefficient (Wildman–Crippen LogP) is 1.23. The highest BCUT2D eigenvalue weighted by Gasteiger charge is 2.30. The Morgan fingerprint density at radius 1 is 1.24 bits per heavy atom. The van der Waals surface area contributed by atoms with E-state index in [1.165, 1.54) is 5.56 Å². The van der Waals surface area contributed by atoms with Gasteiger partial charge in [0, 0.05) is 17.8 Å². The van der Waals surface area contributed by atoms with E-state index in [0.717, 1.165) is 30.4 Å².